The third-order valence-corrected chi connectivity index (χ3v) is 5.61. The number of nitrogens with two attached hydrogens (primary N) is 2. The fourth-order valence-electron chi connectivity index (χ4n) is 3.74. The van der Waals surface area contributed by atoms with Gasteiger partial charge in [-0.15, -0.1) is 0 Å². The largest absolute Gasteiger partial charge is 0.480 e. The van der Waals surface area contributed by atoms with Crippen molar-refractivity contribution in [2.75, 3.05) is 0 Å². The molecular formula is C26H41N5O6. The molecule has 1 aromatic rings. The number of amides is 4. The molecule has 11 heteroatoms. The van der Waals surface area contributed by atoms with Gasteiger partial charge in [0.25, 0.3) is 0 Å². The van der Waals surface area contributed by atoms with Crippen LogP contribution in [0.15, 0.2) is 30.3 Å². The number of hydrogen-bond donors (Lipinski definition) is 6. The molecule has 4 atom stereocenters. The molecule has 0 bridgehead atoms. The molecule has 0 spiro atoms. The number of carboxylic acid groups (broad SMARTS) is 1. The highest BCUT2D eigenvalue weighted by molar-refractivity contribution is 5.94. The second kappa shape index (κ2) is 15.6. The molecule has 0 saturated heterocycles. The summed E-state index contributed by atoms with van der Waals surface area (Å²) in [6, 6.07) is 4.93. The smallest absolute Gasteiger partial charge is 0.326 e. The lowest BCUT2D eigenvalue weighted by Crippen LogP contribution is -2.57. The summed E-state index contributed by atoms with van der Waals surface area (Å²) in [6.07, 6.45) is 0.396. The number of carbonyl (C=O) groups excluding carboxylic acids is 4. The maximum atomic E-state index is 13.2. The number of aliphatic carboxylic acids is 1. The first kappa shape index (κ1) is 31.6. The van der Waals surface area contributed by atoms with Gasteiger partial charge in [-0.1, -0.05) is 58.0 Å². The van der Waals surface area contributed by atoms with Gasteiger partial charge in [-0.05, 0) is 43.1 Å². The number of benzene rings is 1. The molecule has 0 aliphatic rings. The Labute approximate surface area is 218 Å². The first-order valence-corrected chi connectivity index (χ1v) is 12.5. The van der Waals surface area contributed by atoms with Crippen molar-refractivity contribution in [1.29, 1.82) is 0 Å². The standard InChI is InChI=1S/C26H41N5O6/c1-15(2)12-20(30-23(33)18(27)14-17-8-6-5-7-9-17)25(35)29-19(10-11-22(28)32)24(34)31-21(26(36)37)13-16(3)4/h5-9,15-16,18-21H,10-14,27H2,1-4H3,(H2,28,32)(H,29,35)(H,30,33)(H,31,34)(H,36,37). The SMILES string of the molecule is CC(C)CC(NC(=O)C(CCC(N)=O)NC(=O)C(CC(C)C)NC(=O)C(N)Cc1ccccc1)C(=O)O. The van der Waals surface area contributed by atoms with Gasteiger partial charge in [0.1, 0.15) is 18.1 Å². The summed E-state index contributed by atoms with van der Waals surface area (Å²) in [7, 11) is 0. The molecule has 11 nitrogen and oxygen atoms in total. The number of hydrogen-bond acceptors (Lipinski definition) is 6. The minimum Gasteiger partial charge on any atom is -0.480 e. The topological polar surface area (TPSA) is 194 Å². The van der Waals surface area contributed by atoms with E-state index in [0.29, 0.717) is 0 Å². The van der Waals surface area contributed by atoms with Crippen molar-refractivity contribution >= 4 is 29.6 Å². The van der Waals surface area contributed by atoms with Gasteiger partial charge in [-0.3, -0.25) is 19.2 Å². The fourth-order valence-corrected chi connectivity index (χ4v) is 3.74. The average Bonchev–Trinajstić information content (AvgIpc) is 2.80. The summed E-state index contributed by atoms with van der Waals surface area (Å²) in [4.78, 5) is 61.8. The highest BCUT2D eigenvalue weighted by atomic mass is 16.4. The average molecular weight is 520 g/mol. The van der Waals surface area contributed by atoms with Crippen LogP contribution in [0.1, 0.15) is 58.9 Å². The summed E-state index contributed by atoms with van der Waals surface area (Å²) in [5, 5.41) is 17.1. The molecule has 0 fully saturated rings. The molecule has 0 saturated carbocycles. The van der Waals surface area contributed by atoms with E-state index in [-0.39, 0.29) is 43.9 Å². The second-order valence-electron chi connectivity index (χ2n) is 10.1. The number of carboxylic acids is 1. The van der Waals surface area contributed by atoms with Gasteiger partial charge in [0, 0.05) is 6.42 Å². The molecule has 4 unspecified atom stereocenters. The molecule has 0 radical (unpaired) electrons. The van der Waals surface area contributed by atoms with Gasteiger partial charge in [0.05, 0.1) is 6.04 Å². The normalized spacial score (nSPS) is 14.4. The van der Waals surface area contributed by atoms with Crippen molar-refractivity contribution in [2.24, 2.45) is 23.3 Å². The lowest BCUT2D eigenvalue weighted by Gasteiger charge is -2.26. The van der Waals surface area contributed by atoms with Gasteiger partial charge in [-0.2, -0.15) is 0 Å². The molecule has 0 aromatic heterocycles. The Morgan fingerprint density at radius 2 is 1.27 bits per heavy atom. The number of carbonyl (C=O) groups is 5. The number of primary amides is 1. The van der Waals surface area contributed by atoms with Crippen LogP contribution in [0.3, 0.4) is 0 Å². The van der Waals surface area contributed by atoms with Crippen LogP contribution in [0.25, 0.3) is 0 Å². The Balaban J connectivity index is 2.99. The molecule has 4 amide bonds. The van der Waals surface area contributed by atoms with Gasteiger partial charge in [0.15, 0.2) is 0 Å². The number of rotatable bonds is 16. The van der Waals surface area contributed by atoms with Crippen molar-refractivity contribution in [2.45, 2.75) is 84.0 Å². The molecular weight excluding hydrogens is 478 g/mol. The minimum absolute atomic E-state index is 0.00853. The lowest BCUT2D eigenvalue weighted by atomic mass is 10.00. The molecule has 1 rings (SSSR count). The van der Waals surface area contributed by atoms with E-state index in [1.807, 2.05) is 58.0 Å². The Morgan fingerprint density at radius 1 is 0.784 bits per heavy atom. The molecule has 37 heavy (non-hydrogen) atoms. The Hall–Kier alpha value is -3.47. The van der Waals surface area contributed by atoms with Crippen molar-refractivity contribution < 1.29 is 29.1 Å². The summed E-state index contributed by atoms with van der Waals surface area (Å²) >= 11 is 0. The van der Waals surface area contributed by atoms with E-state index in [1.165, 1.54) is 0 Å². The van der Waals surface area contributed by atoms with Crippen LogP contribution in [-0.2, 0) is 30.4 Å². The van der Waals surface area contributed by atoms with E-state index >= 15 is 0 Å². The Kier molecular flexibility index (Phi) is 13.3. The van der Waals surface area contributed by atoms with E-state index in [1.54, 1.807) is 0 Å². The van der Waals surface area contributed by atoms with Crippen molar-refractivity contribution in [3.8, 4) is 0 Å². The van der Waals surface area contributed by atoms with Crippen LogP contribution >= 0.6 is 0 Å². The molecule has 0 heterocycles. The van der Waals surface area contributed by atoms with Crippen LogP contribution in [-0.4, -0.2) is 58.9 Å². The maximum absolute atomic E-state index is 13.2. The van der Waals surface area contributed by atoms with E-state index in [9.17, 15) is 29.1 Å². The van der Waals surface area contributed by atoms with Crippen LogP contribution in [0.5, 0.6) is 0 Å². The molecule has 0 aliphatic carbocycles. The Bertz CT molecular complexity index is 921. The van der Waals surface area contributed by atoms with Crippen LogP contribution in [0.4, 0.5) is 0 Å². The third-order valence-electron chi connectivity index (χ3n) is 5.61. The predicted molar refractivity (Wildman–Crippen MR) is 139 cm³/mol. The van der Waals surface area contributed by atoms with Gasteiger partial charge in [0.2, 0.25) is 23.6 Å². The first-order chi connectivity index (χ1) is 17.3. The highest BCUT2D eigenvalue weighted by Gasteiger charge is 2.31. The maximum Gasteiger partial charge on any atom is 0.326 e. The third kappa shape index (κ3) is 12.4. The summed E-state index contributed by atoms with van der Waals surface area (Å²) in [5.74, 6) is -3.80. The second-order valence-corrected chi connectivity index (χ2v) is 10.1. The van der Waals surface area contributed by atoms with Crippen molar-refractivity contribution in [3.05, 3.63) is 35.9 Å². The zero-order chi connectivity index (χ0) is 28.1. The van der Waals surface area contributed by atoms with Crippen molar-refractivity contribution in [1.82, 2.24) is 16.0 Å². The van der Waals surface area contributed by atoms with E-state index in [4.69, 9.17) is 11.5 Å². The van der Waals surface area contributed by atoms with Gasteiger partial charge < -0.3 is 32.5 Å². The first-order valence-electron chi connectivity index (χ1n) is 12.5. The highest BCUT2D eigenvalue weighted by Crippen LogP contribution is 2.10. The van der Waals surface area contributed by atoms with E-state index in [2.05, 4.69) is 16.0 Å². The predicted octanol–water partition coefficient (Wildman–Crippen LogP) is 0.453. The molecule has 206 valence electrons. The summed E-state index contributed by atoms with van der Waals surface area (Å²) < 4.78 is 0. The fraction of sp³-hybridized carbons (Fsp3) is 0.577. The van der Waals surface area contributed by atoms with Crippen molar-refractivity contribution in [3.63, 3.8) is 0 Å². The monoisotopic (exact) mass is 519 g/mol. The van der Waals surface area contributed by atoms with Gasteiger partial charge in [-0.25, -0.2) is 4.79 Å². The molecule has 8 N–H and O–H groups in total. The molecule has 1 aromatic carbocycles. The minimum atomic E-state index is -1.22. The summed E-state index contributed by atoms with van der Waals surface area (Å²) in [6.45, 7) is 7.38. The number of nitrogens with one attached hydrogen (secondary N) is 3. The van der Waals surface area contributed by atoms with Gasteiger partial charge >= 0.3 is 5.97 Å². The zero-order valence-corrected chi connectivity index (χ0v) is 22.0. The van der Waals surface area contributed by atoms with Crippen LogP contribution in [0, 0.1) is 11.8 Å². The Morgan fingerprint density at radius 3 is 1.78 bits per heavy atom. The van der Waals surface area contributed by atoms with Crippen LogP contribution in [0.2, 0.25) is 0 Å². The quantitative estimate of drug-likeness (QED) is 0.182. The lowest BCUT2D eigenvalue weighted by molar-refractivity contribution is -0.143. The van der Waals surface area contributed by atoms with Crippen LogP contribution < -0.4 is 27.4 Å². The van der Waals surface area contributed by atoms with E-state index in [0.717, 1.165) is 5.56 Å². The van der Waals surface area contributed by atoms with E-state index < -0.39 is 53.8 Å². The molecule has 0 aliphatic heterocycles. The zero-order valence-electron chi connectivity index (χ0n) is 22.0. The summed E-state index contributed by atoms with van der Waals surface area (Å²) in [5.41, 5.74) is 12.2.